The Morgan fingerprint density at radius 2 is 1.75 bits per heavy atom. The first-order valence-electron chi connectivity index (χ1n) is 5.66. The Labute approximate surface area is 98.3 Å². The lowest BCUT2D eigenvalue weighted by molar-refractivity contribution is 0.0620. The SMILES string of the molecule is CC(C)(C)CC(C)(C)Oc1cccc(O)c1. The van der Waals surface area contributed by atoms with Crippen molar-refractivity contribution in [3.05, 3.63) is 24.3 Å². The maximum absolute atomic E-state index is 9.36. The number of phenols is 1. The third kappa shape index (κ3) is 4.56. The number of ether oxygens (including phenoxy) is 1. The first-order chi connectivity index (χ1) is 7.18. The van der Waals surface area contributed by atoms with Crippen molar-refractivity contribution in [1.29, 1.82) is 0 Å². The van der Waals surface area contributed by atoms with Crippen LogP contribution in [0.5, 0.6) is 11.5 Å². The van der Waals surface area contributed by atoms with Gasteiger partial charge in [-0.15, -0.1) is 0 Å². The highest BCUT2D eigenvalue weighted by molar-refractivity contribution is 5.32. The molecule has 0 amide bonds. The highest BCUT2D eigenvalue weighted by atomic mass is 16.5. The van der Waals surface area contributed by atoms with E-state index in [0.717, 1.165) is 6.42 Å². The molecule has 0 atom stereocenters. The van der Waals surface area contributed by atoms with Crippen LogP contribution in [0.25, 0.3) is 0 Å². The summed E-state index contributed by atoms with van der Waals surface area (Å²) in [7, 11) is 0. The molecule has 2 nitrogen and oxygen atoms in total. The summed E-state index contributed by atoms with van der Waals surface area (Å²) in [6.07, 6.45) is 0.954. The molecular weight excluding hydrogens is 200 g/mol. The normalized spacial score (nSPS) is 12.6. The second-order valence-electron chi connectivity index (χ2n) is 6.10. The standard InChI is InChI=1S/C14H22O2/c1-13(2,3)10-14(4,5)16-12-8-6-7-11(15)9-12/h6-9,15H,10H2,1-5H3. The Balaban J connectivity index is 2.72. The van der Waals surface area contributed by atoms with Crippen molar-refractivity contribution >= 4 is 0 Å². The minimum Gasteiger partial charge on any atom is -0.508 e. The molecule has 90 valence electrons. The first kappa shape index (κ1) is 12.9. The van der Waals surface area contributed by atoms with E-state index in [1.807, 2.05) is 6.07 Å². The molecule has 0 spiro atoms. The molecule has 0 aliphatic carbocycles. The smallest absolute Gasteiger partial charge is 0.123 e. The first-order valence-corrected chi connectivity index (χ1v) is 5.66. The molecule has 0 aromatic heterocycles. The Morgan fingerprint density at radius 1 is 1.12 bits per heavy atom. The van der Waals surface area contributed by atoms with E-state index < -0.39 is 0 Å². The molecule has 1 aromatic rings. The van der Waals surface area contributed by atoms with E-state index in [4.69, 9.17) is 4.74 Å². The quantitative estimate of drug-likeness (QED) is 0.838. The fourth-order valence-electron chi connectivity index (χ4n) is 2.18. The fraction of sp³-hybridized carbons (Fsp3) is 0.571. The van der Waals surface area contributed by atoms with Crippen LogP contribution in [0, 0.1) is 5.41 Å². The van der Waals surface area contributed by atoms with E-state index in [0.29, 0.717) is 5.75 Å². The summed E-state index contributed by atoms with van der Waals surface area (Å²) < 4.78 is 5.90. The van der Waals surface area contributed by atoms with Crippen molar-refractivity contribution in [3.8, 4) is 11.5 Å². The van der Waals surface area contributed by atoms with Gasteiger partial charge in [0.15, 0.2) is 0 Å². The van der Waals surface area contributed by atoms with Gasteiger partial charge in [-0.3, -0.25) is 0 Å². The minimum absolute atomic E-state index is 0.223. The zero-order valence-electron chi connectivity index (χ0n) is 10.9. The van der Waals surface area contributed by atoms with Gasteiger partial charge in [0.1, 0.15) is 17.1 Å². The number of hydrogen-bond donors (Lipinski definition) is 1. The van der Waals surface area contributed by atoms with Crippen LogP contribution in [-0.4, -0.2) is 10.7 Å². The molecule has 0 bridgehead atoms. The molecule has 0 unspecified atom stereocenters. The highest BCUT2D eigenvalue weighted by Gasteiger charge is 2.27. The molecule has 0 aliphatic heterocycles. The lowest BCUT2D eigenvalue weighted by Gasteiger charge is -2.33. The number of benzene rings is 1. The molecule has 0 saturated carbocycles. The van der Waals surface area contributed by atoms with Gasteiger partial charge >= 0.3 is 0 Å². The summed E-state index contributed by atoms with van der Waals surface area (Å²) >= 11 is 0. The fourth-order valence-corrected chi connectivity index (χ4v) is 2.18. The van der Waals surface area contributed by atoms with Crippen molar-refractivity contribution in [2.24, 2.45) is 5.41 Å². The summed E-state index contributed by atoms with van der Waals surface area (Å²) in [4.78, 5) is 0. The van der Waals surface area contributed by atoms with E-state index in [-0.39, 0.29) is 16.8 Å². The van der Waals surface area contributed by atoms with E-state index in [1.54, 1.807) is 18.2 Å². The van der Waals surface area contributed by atoms with Gasteiger partial charge in [-0.1, -0.05) is 26.8 Å². The number of hydrogen-bond acceptors (Lipinski definition) is 2. The van der Waals surface area contributed by atoms with Gasteiger partial charge < -0.3 is 9.84 Å². The largest absolute Gasteiger partial charge is 0.508 e. The molecule has 16 heavy (non-hydrogen) atoms. The van der Waals surface area contributed by atoms with E-state index in [9.17, 15) is 5.11 Å². The zero-order chi connectivity index (χ0) is 12.4. The Morgan fingerprint density at radius 3 is 2.25 bits per heavy atom. The van der Waals surface area contributed by atoms with Crippen LogP contribution < -0.4 is 4.74 Å². The van der Waals surface area contributed by atoms with Gasteiger partial charge in [-0.25, -0.2) is 0 Å². The van der Waals surface area contributed by atoms with Crippen LogP contribution in [-0.2, 0) is 0 Å². The maximum Gasteiger partial charge on any atom is 0.123 e. The predicted octanol–water partition coefficient (Wildman–Crippen LogP) is 3.99. The molecule has 2 heteroatoms. The molecular formula is C14H22O2. The van der Waals surface area contributed by atoms with Crippen molar-refractivity contribution in [2.45, 2.75) is 46.6 Å². The molecule has 0 fully saturated rings. The van der Waals surface area contributed by atoms with Crippen LogP contribution in [0.3, 0.4) is 0 Å². The summed E-state index contributed by atoms with van der Waals surface area (Å²) in [6, 6.07) is 6.94. The van der Waals surface area contributed by atoms with Gasteiger partial charge in [0.2, 0.25) is 0 Å². The Bertz CT molecular complexity index is 348. The van der Waals surface area contributed by atoms with Crippen molar-refractivity contribution in [1.82, 2.24) is 0 Å². The van der Waals surface area contributed by atoms with Gasteiger partial charge in [-0.05, 0) is 37.8 Å². The van der Waals surface area contributed by atoms with Crippen molar-refractivity contribution < 1.29 is 9.84 Å². The van der Waals surface area contributed by atoms with E-state index >= 15 is 0 Å². The van der Waals surface area contributed by atoms with Crippen molar-refractivity contribution in [3.63, 3.8) is 0 Å². The minimum atomic E-state index is -0.230. The zero-order valence-corrected chi connectivity index (χ0v) is 10.9. The predicted molar refractivity (Wildman–Crippen MR) is 66.9 cm³/mol. The van der Waals surface area contributed by atoms with Crippen LogP contribution >= 0.6 is 0 Å². The summed E-state index contributed by atoms with van der Waals surface area (Å²) in [5.41, 5.74) is -0.00757. The molecule has 0 saturated heterocycles. The average molecular weight is 222 g/mol. The third-order valence-corrected chi connectivity index (χ3v) is 2.17. The maximum atomic E-state index is 9.36. The molecule has 1 rings (SSSR count). The monoisotopic (exact) mass is 222 g/mol. The second kappa shape index (κ2) is 4.36. The second-order valence-corrected chi connectivity index (χ2v) is 6.10. The lowest BCUT2D eigenvalue weighted by atomic mass is 9.83. The van der Waals surface area contributed by atoms with Gasteiger partial charge in [0, 0.05) is 6.07 Å². The summed E-state index contributed by atoms with van der Waals surface area (Å²) in [5.74, 6) is 0.957. The van der Waals surface area contributed by atoms with Crippen LogP contribution in [0.2, 0.25) is 0 Å². The number of rotatable bonds is 3. The van der Waals surface area contributed by atoms with Crippen LogP contribution in [0.1, 0.15) is 41.0 Å². The van der Waals surface area contributed by atoms with Gasteiger partial charge in [-0.2, -0.15) is 0 Å². The van der Waals surface area contributed by atoms with Crippen LogP contribution in [0.4, 0.5) is 0 Å². The summed E-state index contributed by atoms with van der Waals surface area (Å²) in [5, 5.41) is 9.36. The molecule has 0 radical (unpaired) electrons. The molecule has 1 aromatic carbocycles. The van der Waals surface area contributed by atoms with E-state index in [1.165, 1.54) is 0 Å². The number of aromatic hydroxyl groups is 1. The van der Waals surface area contributed by atoms with Gasteiger partial charge in [0.05, 0.1) is 0 Å². The number of phenolic OH excluding ortho intramolecular Hbond substituents is 1. The highest BCUT2D eigenvalue weighted by Crippen LogP contribution is 2.31. The van der Waals surface area contributed by atoms with Gasteiger partial charge in [0.25, 0.3) is 0 Å². The molecule has 0 aliphatic rings. The van der Waals surface area contributed by atoms with E-state index in [2.05, 4.69) is 34.6 Å². The van der Waals surface area contributed by atoms with Crippen LogP contribution in [0.15, 0.2) is 24.3 Å². The molecule has 0 heterocycles. The topological polar surface area (TPSA) is 29.5 Å². The third-order valence-electron chi connectivity index (χ3n) is 2.17. The lowest BCUT2D eigenvalue weighted by Crippen LogP contribution is -2.33. The average Bonchev–Trinajstić information content (AvgIpc) is 1.96. The van der Waals surface area contributed by atoms with Crippen molar-refractivity contribution in [2.75, 3.05) is 0 Å². The Hall–Kier alpha value is -1.18. The molecule has 1 N–H and O–H groups in total. The Kier molecular flexibility index (Phi) is 3.51. The summed E-state index contributed by atoms with van der Waals surface area (Å²) in [6.45, 7) is 10.7.